The number of hydrogen-bond acceptors (Lipinski definition) is 3. The number of nitrogens with one attached hydrogen (secondary N) is 1. The van der Waals surface area contributed by atoms with Crippen LogP contribution in [0.4, 0.5) is 0 Å². The number of carbonyl (C=O) groups is 1. The second-order valence-corrected chi connectivity index (χ2v) is 6.19. The highest BCUT2D eigenvalue weighted by atomic mass is 16.5. The molecule has 0 bridgehead atoms. The molecular formula is C19H22N2O2. The van der Waals surface area contributed by atoms with Crippen LogP contribution in [0.15, 0.2) is 42.5 Å². The van der Waals surface area contributed by atoms with Gasteiger partial charge in [0.15, 0.2) is 0 Å². The lowest BCUT2D eigenvalue weighted by Crippen LogP contribution is -2.33. The van der Waals surface area contributed by atoms with Gasteiger partial charge in [-0.05, 0) is 32.6 Å². The highest BCUT2D eigenvalue weighted by Gasteiger charge is 2.28. The molecule has 4 heteroatoms. The Morgan fingerprint density at radius 2 is 1.87 bits per heavy atom. The van der Waals surface area contributed by atoms with Crippen molar-refractivity contribution in [1.29, 1.82) is 0 Å². The van der Waals surface area contributed by atoms with Crippen molar-refractivity contribution < 1.29 is 9.53 Å². The number of ether oxygens (including phenoxy) is 1. The summed E-state index contributed by atoms with van der Waals surface area (Å²) in [4.78, 5) is 14.4. The van der Waals surface area contributed by atoms with Gasteiger partial charge >= 0.3 is 0 Å². The minimum Gasteiger partial charge on any atom is -0.456 e. The van der Waals surface area contributed by atoms with Gasteiger partial charge in [-0.2, -0.15) is 0 Å². The van der Waals surface area contributed by atoms with Gasteiger partial charge in [-0.3, -0.25) is 4.79 Å². The van der Waals surface area contributed by atoms with E-state index in [9.17, 15) is 4.79 Å². The first-order chi connectivity index (χ1) is 11.1. The van der Waals surface area contributed by atoms with Gasteiger partial charge in [0.05, 0.1) is 6.04 Å². The van der Waals surface area contributed by atoms with E-state index < -0.39 is 0 Å². The molecule has 2 aromatic carbocycles. The number of hydrogen-bond donors (Lipinski definition) is 1. The van der Waals surface area contributed by atoms with Crippen molar-refractivity contribution in [2.24, 2.45) is 0 Å². The van der Waals surface area contributed by atoms with Gasteiger partial charge < -0.3 is 15.0 Å². The third kappa shape index (κ3) is 3.22. The molecule has 1 atom stereocenters. The van der Waals surface area contributed by atoms with Crippen LogP contribution in [0.2, 0.25) is 0 Å². The normalized spacial score (nSPS) is 15.6. The third-order valence-corrected chi connectivity index (χ3v) is 4.09. The Hall–Kier alpha value is -2.33. The van der Waals surface area contributed by atoms with Crippen LogP contribution in [0.1, 0.15) is 29.2 Å². The molecule has 1 N–H and O–H groups in total. The second kappa shape index (κ2) is 6.42. The van der Waals surface area contributed by atoms with Crippen LogP contribution in [0.3, 0.4) is 0 Å². The van der Waals surface area contributed by atoms with Crippen LogP contribution < -0.4 is 10.1 Å². The molecule has 0 radical (unpaired) electrons. The number of carbonyl (C=O) groups excluding carboxylic acids is 1. The van der Waals surface area contributed by atoms with Crippen LogP contribution >= 0.6 is 0 Å². The zero-order chi connectivity index (χ0) is 16.4. The summed E-state index contributed by atoms with van der Waals surface area (Å²) in [5.74, 6) is 1.71. The summed E-state index contributed by atoms with van der Waals surface area (Å²) in [6.45, 7) is 2.76. The van der Waals surface area contributed by atoms with E-state index in [0.29, 0.717) is 6.42 Å². The zero-order valence-corrected chi connectivity index (χ0v) is 13.8. The second-order valence-electron chi connectivity index (χ2n) is 6.19. The fourth-order valence-corrected chi connectivity index (χ4v) is 2.85. The predicted octanol–water partition coefficient (Wildman–Crippen LogP) is 3.26. The van der Waals surface area contributed by atoms with Gasteiger partial charge in [0, 0.05) is 24.1 Å². The number of fused-ring (bicyclic) bond motifs is 2. The molecule has 2 aromatic rings. The number of nitrogens with zero attached hydrogens (tertiary/aromatic N) is 1. The number of para-hydroxylation sites is 2. The summed E-state index contributed by atoms with van der Waals surface area (Å²) in [6, 6.07) is 13.8. The van der Waals surface area contributed by atoms with E-state index in [2.05, 4.69) is 5.32 Å². The third-order valence-electron chi connectivity index (χ3n) is 4.09. The molecule has 3 rings (SSSR count). The van der Waals surface area contributed by atoms with E-state index in [4.69, 9.17) is 4.74 Å². The number of aryl methyl sites for hydroxylation is 1. The van der Waals surface area contributed by atoms with Gasteiger partial charge in [-0.25, -0.2) is 0 Å². The smallest absolute Gasteiger partial charge is 0.222 e. The average Bonchev–Trinajstić information content (AvgIpc) is 2.54. The molecule has 0 saturated heterocycles. The first-order valence-corrected chi connectivity index (χ1v) is 7.86. The molecule has 1 unspecified atom stereocenters. The highest BCUT2D eigenvalue weighted by molar-refractivity contribution is 5.78. The van der Waals surface area contributed by atoms with Crippen LogP contribution in [0.25, 0.3) is 0 Å². The van der Waals surface area contributed by atoms with Crippen molar-refractivity contribution in [3.63, 3.8) is 0 Å². The molecule has 0 aromatic heterocycles. The molecule has 1 heterocycles. The summed E-state index contributed by atoms with van der Waals surface area (Å²) in [5, 5.41) is 3.17. The highest BCUT2D eigenvalue weighted by Crippen LogP contribution is 2.44. The quantitative estimate of drug-likeness (QED) is 0.942. The average molecular weight is 310 g/mol. The lowest BCUT2D eigenvalue weighted by molar-refractivity contribution is -0.121. The summed E-state index contributed by atoms with van der Waals surface area (Å²) < 4.78 is 6.06. The van der Waals surface area contributed by atoms with Crippen LogP contribution in [-0.2, 0) is 4.79 Å². The molecular weight excluding hydrogens is 288 g/mol. The Bertz CT molecular complexity index is 725. The molecule has 23 heavy (non-hydrogen) atoms. The SMILES string of the molecule is Cc1cccc2c1Oc1ccccc1C2NC(=O)CCN(C)C. The first-order valence-electron chi connectivity index (χ1n) is 7.86. The van der Waals surface area contributed by atoms with Crippen molar-refractivity contribution in [3.8, 4) is 11.5 Å². The maximum atomic E-state index is 12.3. The van der Waals surface area contributed by atoms with Gasteiger partial charge in [0.2, 0.25) is 5.91 Å². The molecule has 0 aliphatic carbocycles. The van der Waals surface area contributed by atoms with E-state index in [1.165, 1.54) is 0 Å². The van der Waals surface area contributed by atoms with E-state index in [-0.39, 0.29) is 11.9 Å². The first kappa shape index (κ1) is 15.6. The molecule has 1 aliphatic heterocycles. The number of rotatable bonds is 4. The molecule has 1 amide bonds. The molecule has 120 valence electrons. The fourth-order valence-electron chi connectivity index (χ4n) is 2.85. The maximum absolute atomic E-state index is 12.3. The Morgan fingerprint density at radius 3 is 2.65 bits per heavy atom. The van der Waals surface area contributed by atoms with E-state index in [1.807, 2.05) is 68.4 Å². The maximum Gasteiger partial charge on any atom is 0.222 e. The van der Waals surface area contributed by atoms with Crippen LogP contribution in [0, 0.1) is 6.92 Å². The van der Waals surface area contributed by atoms with Crippen molar-refractivity contribution >= 4 is 5.91 Å². The molecule has 1 aliphatic rings. The summed E-state index contributed by atoms with van der Waals surface area (Å²) in [6.07, 6.45) is 0.480. The topological polar surface area (TPSA) is 41.6 Å². The Morgan fingerprint density at radius 1 is 1.13 bits per heavy atom. The van der Waals surface area contributed by atoms with Gasteiger partial charge in [-0.1, -0.05) is 36.4 Å². The molecule has 0 spiro atoms. The van der Waals surface area contributed by atoms with Crippen LogP contribution in [-0.4, -0.2) is 31.4 Å². The Labute approximate surface area is 137 Å². The zero-order valence-electron chi connectivity index (χ0n) is 13.8. The lowest BCUT2D eigenvalue weighted by atomic mass is 9.93. The number of amides is 1. The minimum absolute atomic E-state index is 0.0489. The van der Waals surface area contributed by atoms with Crippen molar-refractivity contribution in [2.75, 3.05) is 20.6 Å². The van der Waals surface area contributed by atoms with Gasteiger partial charge in [0.1, 0.15) is 11.5 Å². The van der Waals surface area contributed by atoms with Crippen molar-refractivity contribution in [3.05, 3.63) is 59.2 Å². The Balaban J connectivity index is 1.93. The number of benzene rings is 2. The van der Waals surface area contributed by atoms with Crippen LogP contribution in [0.5, 0.6) is 11.5 Å². The molecule has 0 fully saturated rings. The minimum atomic E-state index is -0.162. The standard InChI is InChI=1S/C19H22N2O2/c1-13-7-6-9-15-18(20-17(22)11-12-21(2)3)14-8-4-5-10-16(14)23-19(13)15/h4-10,18H,11-12H2,1-3H3,(H,20,22). The largest absolute Gasteiger partial charge is 0.456 e. The van der Waals surface area contributed by atoms with E-state index >= 15 is 0 Å². The van der Waals surface area contributed by atoms with Crippen molar-refractivity contribution in [1.82, 2.24) is 10.2 Å². The van der Waals surface area contributed by atoms with E-state index in [0.717, 1.165) is 34.7 Å². The fraction of sp³-hybridized carbons (Fsp3) is 0.316. The monoisotopic (exact) mass is 310 g/mol. The molecule has 4 nitrogen and oxygen atoms in total. The van der Waals surface area contributed by atoms with Crippen molar-refractivity contribution in [2.45, 2.75) is 19.4 Å². The lowest BCUT2D eigenvalue weighted by Gasteiger charge is -2.30. The summed E-state index contributed by atoms with van der Waals surface area (Å²) in [7, 11) is 3.94. The van der Waals surface area contributed by atoms with Gasteiger partial charge in [-0.15, -0.1) is 0 Å². The summed E-state index contributed by atoms with van der Waals surface area (Å²) >= 11 is 0. The van der Waals surface area contributed by atoms with Gasteiger partial charge in [0.25, 0.3) is 0 Å². The summed E-state index contributed by atoms with van der Waals surface area (Å²) in [5.41, 5.74) is 3.09. The van der Waals surface area contributed by atoms with E-state index in [1.54, 1.807) is 0 Å². The molecule has 0 saturated carbocycles. The Kier molecular flexibility index (Phi) is 4.35. The predicted molar refractivity (Wildman–Crippen MR) is 90.9 cm³/mol.